The molecular weight excluding hydrogens is 432 g/mol. The van der Waals surface area contributed by atoms with Crippen molar-refractivity contribution >= 4 is 34.1 Å². The molecule has 0 fully saturated rings. The van der Waals surface area contributed by atoms with Crippen molar-refractivity contribution in [2.75, 3.05) is 17.2 Å². The fourth-order valence-electron chi connectivity index (χ4n) is 3.68. The zero-order chi connectivity index (χ0) is 24.2. The number of nitrogens with one attached hydrogen (secondary N) is 2. The molecule has 4 rings (SSSR count). The van der Waals surface area contributed by atoms with Crippen LogP contribution in [0.5, 0.6) is 5.75 Å². The highest BCUT2D eigenvalue weighted by atomic mass is 16.5. The Kier molecular flexibility index (Phi) is 6.40. The molecule has 4 aromatic rings. The molecule has 0 saturated carbocycles. The van der Waals surface area contributed by atoms with Crippen LogP contribution in [-0.2, 0) is 9.59 Å². The maximum atomic E-state index is 13.0. The van der Waals surface area contributed by atoms with Gasteiger partial charge in [0.25, 0.3) is 11.5 Å². The number of nitrogens with zero attached hydrogens (tertiary/aromatic N) is 2. The Hall–Kier alpha value is -4.46. The lowest BCUT2D eigenvalue weighted by atomic mass is 10.1. The summed E-state index contributed by atoms with van der Waals surface area (Å²) in [7, 11) is 0. The summed E-state index contributed by atoms with van der Waals surface area (Å²) in [6.45, 7) is 4.86. The largest absolute Gasteiger partial charge is 0.484 e. The van der Waals surface area contributed by atoms with Gasteiger partial charge in [0.15, 0.2) is 6.61 Å². The summed E-state index contributed by atoms with van der Waals surface area (Å²) in [6, 6.07) is 19.4. The predicted octanol–water partition coefficient (Wildman–Crippen LogP) is 3.98. The molecule has 2 amide bonds. The van der Waals surface area contributed by atoms with E-state index in [0.717, 1.165) is 5.56 Å². The zero-order valence-electron chi connectivity index (χ0n) is 19.1. The Morgan fingerprint density at radius 2 is 1.76 bits per heavy atom. The molecular formula is C26H24N4O4. The van der Waals surface area contributed by atoms with Crippen molar-refractivity contribution in [2.45, 2.75) is 20.8 Å². The van der Waals surface area contributed by atoms with Gasteiger partial charge in [-0.1, -0.05) is 18.2 Å². The molecule has 0 saturated heterocycles. The van der Waals surface area contributed by atoms with E-state index in [1.54, 1.807) is 54.0 Å². The van der Waals surface area contributed by atoms with E-state index in [9.17, 15) is 14.4 Å². The van der Waals surface area contributed by atoms with E-state index in [1.807, 2.05) is 31.2 Å². The minimum Gasteiger partial charge on any atom is -0.484 e. The first kappa shape index (κ1) is 22.7. The van der Waals surface area contributed by atoms with Gasteiger partial charge in [0.2, 0.25) is 5.91 Å². The zero-order valence-corrected chi connectivity index (χ0v) is 19.1. The van der Waals surface area contributed by atoms with Crippen LogP contribution < -0.4 is 20.9 Å². The Morgan fingerprint density at radius 1 is 0.971 bits per heavy atom. The van der Waals surface area contributed by atoms with Gasteiger partial charge in [-0.25, -0.2) is 4.98 Å². The van der Waals surface area contributed by atoms with E-state index >= 15 is 0 Å². The molecule has 1 heterocycles. The van der Waals surface area contributed by atoms with E-state index in [-0.39, 0.29) is 24.0 Å². The number of ether oxygens (including phenoxy) is 1. The first-order valence-electron chi connectivity index (χ1n) is 10.7. The van der Waals surface area contributed by atoms with E-state index < -0.39 is 0 Å². The van der Waals surface area contributed by atoms with Gasteiger partial charge in [-0.05, 0) is 61.9 Å². The highest BCUT2D eigenvalue weighted by Gasteiger charge is 2.12. The molecule has 2 N–H and O–H groups in total. The second-order valence-corrected chi connectivity index (χ2v) is 7.86. The van der Waals surface area contributed by atoms with E-state index in [2.05, 4.69) is 15.6 Å². The molecule has 0 bridgehead atoms. The Labute approximate surface area is 196 Å². The van der Waals surface area contributed by atoms with Crippen LogP contribution in [0, 0.1) is 13.8 Å². The van der Waals surface area contributed by atoms with Crippen molar-refractivity contribution in [3.8, 4) is 11.4 Å². The molecule has 0 aliphatic rings. The molecule has 0 unspecified atom stereocenters. The van der Waals surface area contributed by atoms with Crippen molar-refractivity contribution < 1.29 is 14.3 Å². The quantitative estimate of drug-likeness (QED) is 0.457. The Bertz CT molecular complexity index is 1460. The number of aryl methyl sites for hydroxylation is 2. The number of carbonyl (C=O) groups is 2. The van der Waals surface area contributed by atoms with Gasteiger partial charge in [-0.2, -0.15) is 0 Å². The molecule has 0 atom stereocenters. The number of anilines is 2. The first-order chi connectivity index (χ1) is 16.3. The number of para-hydroxylation sites is 1. The molecule has 0 radical (unpaired) electrons. The third-order valence-corrected chi connectivity index (χ3v) is 5.21. The van der Waals surface area contributed by atoms with Crippen LogP contribution in [0.15, 0.2) is 71.5 Å². The second-order valence-electron chi connectivity index (χ2n) is 7.86. The molecule has 1 aromatic heterocycles. The van der Waals surface area contributed by atoms with Crippen molar-refractivity contribution in [2.24, 2.45) is 0 Å². The van der Waals surface area contributed by atoms with Gasteiger partial charge >= 0.3 is 0 Å². The van der Waals surface area contributed by atoms with Gasteiger partial charge < -0.3 is 15.4 Å². The number of hydrogen-bond donors (Lipinski definition) is 2. The third-order valence-electron chi connectivity index (χ3n) is 5.21. The summed E-state index contributed by atoms with van der Waals surface area (Å²) in [5, 5.41) is 6.04. The lowest BCUT2D eigenvalue weighted by Crippen LogP contribution is -2.23. The van der Waals surface area contributed by atoms with E-state index in [4.69, 9.17) is 4.74 Å². The molecule has 0 spiro atoms. The molecule has 172 valence electrons. The van der Waals surface area contributed by atoms with Crippen LogP contribution in [0.2, 0.25) is 0 Å². The van der Waals surface area contributed by atoms with Gasteiger partial charge in [0.1, 0.15) is 11.6 Å². The van der Waals surface area contributed by atoms with Gasteiger partial charge in [-0.15, -0.1) is 0 Å². The van der Waals surface area contributed by atoms with Crippen LogP contribution in [0.4, 0.5) is 11.4 Å². The molecule has 3 aromatic carbocycles. The number of amides is 2. The van der Waals surface area contributed by atoms with Crippen molar-refractivity contribution in [3.05, 3.63) is 88.5 Å². The Balaban J connectivity index is 1.48. The van der Waals surface area contributed by atoms with Crippen LogP contribution in [-0.4, -0.2) is 28.0 Å². The maximum Gasteiger partial charge on any atom is 0.265 e. The van der Waals surface area contributed by atoms with Gasteiger partial charge in [0, 0.05) is 24.4 Å². The average Bonchev–Trinajstić information content (AvgIpc) is 2.79. The van der Waals surface area contributed by atoms with Crippen molar-refractivity contribution in [1.82, 2.24) is 9.55 Å². The van der Waals surface area contributed by atoms with E-state index in [1.165, 1.54) is 6.92 Å². The van der Waals surface area contributed by atoms with Crippen LogP contribution in [0.25, 0.3) is 16.6 Å². The number of carbonyl (C=O) groups excluding carboxylic acids is 2. The summed E-state index contributed by atoms with van der Waals surface area (Å²) >= 11 is 0. The highest BCUT2D eigenvalue weighted by molar-refractivity contribution is 5.93. The summed E-state index contributed by atoms with van der Waals surface area (Å²) in [4.78, 5) is 41.2. The lowest BCUT2D eigenvalue weighted by molar-refractivity contribution is -0.118. The summed E-state index contributed by atoms with van der Waals surface area (Å²) in [5.41, 5.74) is 3.17. The first-order valence-corrected chi connectivity index (χ1v) is 10.7. The fraction of sp³-hybridized carbons (Fsp3) is 0.154. The SMILES string of the molecule is CC(=O)Nc1cccc(OCC(=O)Nc2ccc(-n3c(C)nc4ccccc4c3=O)cc2C)c1. The van der Waals surface area contributed by atoms with Crippen LogP contribution >= 0.6 is 0 Å². The maximum absolute atomic E-state index is 13.0. The minimum atomic E-state index is -0.332. The number of rotatable bonds is 6. The van der Waals surface area contributed by atoms with E-state index in [0.29, 0.717) is 39.5 Å². The second kappa shape index (κ2) is 9.58. The highest BCUT2D eigenvalue weighted by Crippen LogP contribution is 2.21. The summed E-state index contributed by atoms with van der Waals surface area (Å²) < 4.78 is 7.11. The number of benzene rings is 3. The summed E-state index contributed by atoms with van der Waals surface area (Å²) in [5.74, 6) is 0.522. The molecule has 0 aliphatic heterocycles. The monoisotopic (exact) mass is 456 g/mol. The van der Waals surface area contributed by atoms with Crippen molar-refractivity contribution in [3.63, 3.8) is 0 Å². The fourth-order valence-corrected chi connectivity index (χ4v) is 3.68. The number of aromatic nitrogens is 2. The van der Waals surface area contributed by atoms with Gasteiger partial charge in [0.05, 0.1) is 16.6 Å². The smallest absolute Gasteiger partial charge is 0.265 e. The molecule has 8 heteroatoms. The third kappa shape index (κ3) is 4.96. The lowest BCUT2D eigenvalue weighted by Gasteiger charge is -2.14. The topological polar surface area (TPSA) is 102 Å². The average molecular weight is 457 g/mol. The summed E-state index contributed by atoms with van der Waals surface area (Å²) in [6.07, 6.45) is 0. The minimum absolute atomic E-state index is 0.144. The van der Waals surface area contributed by atoms with Crippen LogP contribution in [0.3, 0.4) is 0 Å². The van der Waals surface area contributed by atoms with Crippen LogP contribution in [0.1, 0.15) is 18.3 Å². The Morgan fingerprint density at radius 3 is 2.53 bits per heavy atom. The molecule has 8 nitrogen and oxygen atoms in total. The standard InChI is InChI=1S/C26H24N4O4/c1-16-13-20(30-17(2)27-24-10-5-4-9-22(24)26(30)33)11-12-23(16)29-25(32)15-34-21-8-6-7-19(14-21)28-18(3)31/h4-14H,15H2,1-3H3,(H,28,31)(H,29,32). The number of fused-ring (bicyclic) bond motifs is 1. The molecule has 0 aliphatic carbocycles. The number of hydrogen-bond acceptors (Lipinski definition) is 5. The predicted molar refractivity (Wildman–Crippen MR) is 132 cm³/mol. The van der Waals surface area contributed by atoms with Gasteiger partial charge in [-0.3, -0.25) is 19.0 Å². The van der Waals surface area contributed by atoms with Crippen molar-refractivity contribution in [1.29, 1.82) is 0 Å². The molecule has 34 heavy (non-hydrogen) atoms. The normalized spacial score (nSPS) is 10.7.